The molecule has 27 heavy (non-hydrogen) atoms. The number of amides is 1. The molecule has 0 fully saturated rings. The molecule has 3 N–H and O–H groups in total. The minimum atomic E-state index is -0.387. The van der Waals surface area contributed by atoms with Crippen molar-refractivity contribution < 1.29 is 19.4 Å². The van der Waals surface area contributed by atoms with Gasteiger partial charge in [0.1, 0.15) is 11.4 Å². The van der Waals surface area contributed by atoms with Gasteiger partial charge in [0.2, 0.25) is 0 Å². The maximum absolute atomic E-state index is 12.4. The Morgan fingerprint density at radius 3 is 2.67 bits per heavy atom. The van der Waals surface area contributed by atoms with Crippen molar-refractivity contribution >= 4 is 5.91 Å². The Bertz CT molecular complexity index is 995. The molecule has 0 saturated carbocycles. The van der Waals surface area contributed by atoms with Crippen molar-refractivity contribution in [2.24, 2.45) is 0 Å². The first-order valence-corrected chi connectivity index (χ1v) is 8.61. The summed E-state index contributed by atoms with van der Waals surface area (Å²) >= 11 is 0. The van der Waals surface area contributed by atoms with Crippen LogP contribution in [-0.2, 0) is 0 Å². The van der Waals surface area contributed by atoms with Gasteiger partial charge in [-0.25, -0.2) is 0 Å². The average Bonchev–Trinajstić information content (AvgIpc) is 3.25. The van der Waals surface area contributed by atoms with Crippen LogP contribution in [-0.4, -0.2) is 34.9 Å². The summed E-state index contributed by atoms with van der Waals surface area (Å²) < 4.78 is 10.7. The van der Waals surface area contributed by atoms with Gasteiger partial charge in [0.05, 0.1) is 25.5 Å². The standard InChI is InChI=1S/C20H19N3O4/c1-3-27-13-7-4-11(5-8-13)18-16-17(21-20(25)19(16)23-22-18)12-6-9-14(24)15(10-12)26-2/h4-10,17,24H,3H2,1-2H3,(H,21,25)(H,22,23). The number of H-pyrrole nitrogens is 1. The Hall–Kier alpha value is -3.48. The van der Waals surface area contributed by atoms with Crippen LogP contribution in [0.5, 0.6) is 17.2 Å². The second kappa shape index (κ2) is 6.68. The number of benzene rings is 2. The number of phenols is 1. The molecule has 1 atom stereocenters. The number of methoxy groups -OCH3 is 1. The number of rotatable bonds is 5. The number of aromatic amines is 1. The molecule has 1 aliphatic rings. The Morgan fingerprint density at radius 2 is 1.96 bits per heavy atom. The van der Waals surface area contributed by atoms with Crippen molar-refractivity contribution in [3.63, 3.8) is 0 Å². The van der Waals surface area contributed by atoms with Crippen LogP contribution in [0.25, 0.3) is 11.3 Å². The van der Waals surface area contributed by atoms with E-state index >= 15 is 0 Å². The molecule has 4 rings (SSSR count). The zero-order chi connectivity index (χ0) is 19.0. The second-order valence-electron chi connectivity index (χ2n) is 6.16. The van der Waals surface area contributed by atoms with Gasteiger partial charge in [-0.2, -0.15) is 5.10 Å². The molecule has 1 aromatic heterocycles. The summed E-state index contributed by atoms with van der Waals surface area (Å²) in [6.45, 7) is 2.53. The van der Waals surface area contributed by atoms with Crippen LogP contribution in [0.3, 0.4) is 0 Å². The van der Waals surface area contributed by atoms with Crippen LogP contribution in [0.4, 0.5) is 0 Å². The Morgan fingerprint density at radius 1 is 1.19 bits per heavy atom. The first-order chi connectivity index (χ1) is 13.1. The largest absolute Gasteiger partial charge is 0.504 e. The number of carbonyl (C=O) groups is 1. The predicted octanol–water partition coefficient (Wildman–Crippen LogP) is 3.02. The summed E-state index contributed by atoms with van der Waals surface area (Å²) in [6.07, 6.45) is 0. The lowest BCUT2D eigenvalue weighted by Gasteiger charge is -2.15. The third-order valence-electron chi connectivity index (χ3n) is 4.57. The van der Waals surface area contributed by atoms with E-state index in [-0.39, 0.29) is 17.7 Å². The topological polar surface area (TPSA) is 96.5 Å². The first kappa shape index (κ1) is 17.0. The van der Waals surface area contributed by atoms with E-state index < -0.39 is 0 Å². The average molecular weight is 365 g/mol. The molecular formula is C20H19N3O4. The maximum Gasteiger partial charge on any atom is 0.270 e. The quantitative estimate of drug-likeness (QED) is 0.646. The highest BCUT2D eigenvalue weighted by Gasteiger charge is 2.35. The van der Waals surface area contributed by atoms with E-state index in [1.807, 2.05) is 31.2 Å². The number of hydrogen-bond donors (Lipinski definition) is 3. The van der Waals surface area contributed by atoms with Crippen LogP contribution >= 0.6 is 0 Å². The number of aromatic hydroxyl groups is 1. The van der Waals surface area contributed by atoms with Crippen molar-refractivity contribution in [1.29, 1.82) is 0 Å². The third kappa shape index (κ3) is 2.87. The summed E-state index contributed by atoms with van der Waals surface area (Å²) in [5.41, 5.74) is 3.59. The smallest absolute Gasteiger partial charge is 0.270 e. The van der Waals surface area contributed by atoms with Crippen LogP contribution < -0.4 is 14.8 Å². The fraction of sp³-hybridized carbons (Fsp3) is 0.200. The van der Waals surface area contributed by atoms with E-state index in [1.165, 1.54) is 7.11 Å². The number of phenolic OH excluding ortho intramolecular Hbond substituents is 1. The highest BCUT2D eigenvalue weighted by molar-refractivity contribution is 6.00. The van der Waals surface area contributed by atoms with Crippen LogP contribution in [0.1, 0.15) is 34.6 Å². The molecule has 0 saturated heterocycles. The summed E-state index contributed by atoms with van der Waals surface area (Å²) in [5.74, 6) is 0.959. The molecule has 7 nitrogen and oxygen atoms in total. The molecule has 0 radical (unpaired) electrons. The lowest BCUT2D eigenvalue weighted by atomic mass is 9.96. The zero-order valence-electron chi connectivity index (χ0n) is 14.9. The molecule has 0 spiro atoms. The highest BCUT2D eigenvalue weighted by Crippen LogP contribution is 2.39. The molecular weight excluding hydrogens is 346 g/mol. The fourth-order valence-corrected chi connectivity index (χ4v) is 3.30. The van der Waals surface area contributed by atoms with Gasteiger partial charge in [-0.1, -0.05) is 6.07 Å². The van der Waals surface area contributed by atoms with Crippen molar-refractivity contribution in [2.75, 3.05) is 13.7 Å². The lowest BCUT2D eigenvalue weighted by molar-refractivity contribution is 0.0955. The maximum atomic E-state index is 12.4. The van der Waals surface area contributed by atoms with Crippen molar-refractivity contribution in [1.82, 2.24) is 15.5 Å². The van der Waals surface area contributed by atoms with E-state index in [4.69, 9.17) is 9.47 Å². The minimum absolute atomic E-state index is 0.0460. The molecule has 7 heteroatoms. The third-order valence-corrected chi connectivity index (χ3v) is 4.57. The van der Waals surface area contributed by atoms with E-state index in [0.717, 1.165) is 22.4 Å². The van der Waals surface area contributed by atoms with Gasteiger partial charge in [0, 0.05) is 11.1 Å². The monoisotopic (exact) mass is 365 g/mol. The number of ether oxygens (including phenoxy) is 2. The number of fused-ring (bicyclic) bond motifs is 1. The van der Waals surface area contributed by atoms with Gasteiger partial charge in [0.15, 0.2) is 11.5 Å². The SMILES string of the molecule is CCOc1ccc(-c2n[nH]c3c2C(c2ccc(O)c(OC)c2)NC3=O)cc1. The molecule has 1 amide bonds. The number of hydrogen-bond acceptors (Lipinski definition) is 5. The Labute approximate surface area is 155 Å². The fourth-order valence-electron chi connectivity index (χ4n) is 3.30. The number of aromatic nitrogens is 2. The second-order valence-corrected chi connectivity index (χ2v) is 6.16. The van der Waals surface area contributed by atoms with Gasteiger partial charge in [-0.05, 0) is 48.9 Å². The number of nitrogens with zero attached hydrogens (tertiary/aromatic N) is 1. The van der Waals surface area contributed by atoms with Gasteiger partial charge in [-0.3, -0.25) is 9.89 Å². The van der Waals surface area contributed by atoms with Gasteiger partial charge >= 0.3 is 0 Å². The summed E-state index contributed by atoms with van der Waals surface area (Å²) in [7, 11) is 1.49. The molecule has 138 valence electrons. The van der Waals surface area contributed by atoms with E-state index in [0.29, 0.717) is 23.7 Å². The Kier molecular flexibility index (Phi) is 4.19. The summed E-state index contributed by atoms with van der Waals surface area (Å²) in [4.78, 5) is 12.4. The van der Waals surface area contributed by atoms with Crippen molar-refractivity contribution in [3.8, 4) is 28.5 Å². The number of nitrogens with one attached hydrogen (secondary N) is 2. The normalized spacial score (nSPS) is 15.3. The Balaban J connectivity index is 1.77. The lowest BCUT2D eigenvalue weighted by Crippen LogP contribution is -2.21. The molecule has 2 aromatic carbocycles. The van der Waals surface area contributed by atoms with Crippen LogP contribution in [0.2, 0.25) is 0 Å². The van der Waals surface area contributed by atoms with E-state index in [2.05, 4.69) is 15.5 Å². The van der Waals surface area contributed by atoms with Gasteiger partial charge in [-0.15, -0.1) is 0 Å². The molecule has 2 heterocycles. The summed E-state index contributed by atoms with van der Waals surface area (Å²) in [6, 6.07) is 12.2. The molecule has 1 aliphatic heterocycles. The van der Waals surface area contributed by atoms with E-state index in [9.17, 15) is 9.90 Å². The molecule has 0 aliphatic carbocycles. The van der Waals surface area contributed by atoms with Crippen LogP contribution in [0.15, 0.2) is 42.5 Å². The number of carbonyl (C=O) groups excluding carboxylic acids is 1. The van der Waals surface area contributed by atoms with Crippen molar-refractivity contribution in [2.45, 2.75) is 13.0 Å². The van der Waals surface area contributed by atoms with Gasteiger partial charge in [0.25, 0.3) is 5.91 Å². The summed E-state index contributed by atoms with van der Waals surface area (Å²) in [5, 5.41) is 20.0. The van der Waals surface area contributed by atoms with E-state index in [1.54, 1.807) is 18.2 Å². The predicted molar refractivity (Wildman–Crippen MR) is 99.2 cm³/mol. The molecule has 3 aromatic rings. The van der Waals surface area contributed by atoms with Gasteiger partial charge < -0.3 is 19.9 Å². The first-order valence-electron chi connectivity index (χ1n) is 8.61. The molecule has 0 bridgehead atoms. The van der Waals surface area contributed by atoms with Crippen molar-refractivity contribution in [3.05, 3.63) is 59.3 Å². The highest BCUT2D eigenvalue weighted by atomic mass is 16.5. The van der Waals surface area contributed by atoms with Crippen LogP contribution in [0, 0.1) is 0 Å². The molecule has 1 unspecified atom stereocenters. The zero-order valence-corrected chi connectivity index (χ0v) is 14.9. The minimum Gasteiger partial charge on any atom is -0.504 e.